The minimum absolute atomic E-state index is 0.00382. The second kappa shape index (κ2) is 63.4. The van der Waals surface area contributed by atoms with Crippen LogP contribution in [0.2, 0.25) is 0 Å². The van der Waals surface area contributed by atoms with E-state index in [1.807, 2.05) is 6.08 Å². The maximum Gasteiger partial charge on any atom is 0.305 e. The topological polar surface area (TPSA) is 95.9 Å². The Labute approximate surface area is 461 Å². The van der Waals surface area contributed by atoms with E-state index in [-0.39, 0.29) is 18.5 Å². The Morgan fingerprint density at radius 2 is 0.676 bits per heavy atom. The summed E-state index contributed by atoms with van der Waals surface area (Å²) in [5.41, 5.74) is 0. The second-order valence-electron chi connectivity index (χ2n) is 22.4. The number of carbonyl (C=O) groups is 2. The Balaban J connectivity index is 3.44. The number of esters is 1. The van der Waals surface area contributed by atoms with Crippen LogP contribution in [0.3, 0.4) is 0 Å². The summed E-state index contributed by atoms with van der Waals surface area (Å²) in [5, 5.41) is 23.2. The summed E-state index contributed by atoms with van der Waals surface area (Å²) in [6.07, 6.45) is 81.6. The van der Waals surface area contributed by atoms with Gasteiger partial charge in [-0.2, -0.15) is 0 Å². The first-order valence-corrected chi connectivity index (χ1v) is 32.9. The number of amides is 1. The quantitative estimate of drug-likeness (QED) is 0.0320. The summed E-state index contributed by atoms with van der Waals surface area (Å²) >= 11 is 0. The van der Waals surface area contributed by atoms with E-state index in [4.69, 9.17) is 4.74 Å². The maximum absolute atomic E-state index is 12.5. The van der Waals surface area contributed by atoms with Gasteiger partial charge in [-0.3, -0.25) is 9.59 Å². The summed E-state index contributed by atoms with van der Waals surface area (Å²) in [6.45, 7) is 4.89. The summed E-state index contributed by atoms with van der Waals surface area (Å²) < 4.78 is 5.50. The van der Waals surface area contributed by atoms with Crippen LogP contribution in [-0.2, 0) is 14.3 Å². The van der Waals surface area contributed by atoms with E-state index in [1.165, 1.54) is 263 Å². The van der Waals surface area contributed by atoms with Crippen LogP contribution >= 0.6 is 0 Å². The van der Waals surface area contributed by atoms with Gasteiger partial charge in [-0.1, -0.05) is 294 Å². The third-order valence-electron chi connectivity index (χ3n) is 15.1. The van der Waals surface area contributed by atoms with Gasteiger partial charge < -0.3 is 20.3 Å². The first kappa shape index (κ1) is 71.8. The molecule has 74 heavy (non-hydrogen) atoms. The SMILES string of the molecule is CCCCC/C=C\C/C=C\CCCCCCCCCCCC(=O)OCCCCCCCCCCCC/C=C\CCCCCCCCCC(=O)NC(CO)C(O)/C=C/CCCCCCCCCCCCCCCCC. The molecule has 2 unspecified atom stereocenters. The molecule has 1 amide bonds. The number of allylic oxidation sites excluding steroid dienone is 7. The highest BCUT2D eigenvalue weighted by Gasteiger charge is 2.18. The van der Waals surface area contributed by atoms with E-state index in [2.05, 4.69) is 55.6 Å². The maximum atomic E-state index is 12.5. The van der Waals surface area contributed by atoms with Crippen molar-refractivity contribution >= 4 is 11.9 Å². The minimum Gasteiger partial charge on any atom is -0.466 e. The number of unbranched alkanes of at least 4 members (excludes halogenated alkanes) is 44. The van der Waals surface area contributed by atoms with Gasteiger partial charge in [0.2, 0.25) is 5.91 Å². The summed E-state index contributed by atoms with van der Waals surface area (Å²) in [5.74, 6) is -0.0705. The van der Waals surface area contributed by atoms with Crippen molar-refractivity contribution in [2.75, 3.05) is 13.2 Å². The van der Waals surface area contributed by atoms with Crippen LogP contribution in [0.1, 0.15) is 348 Å². The molecule has 0 saturated carbocycles. The molecule has 0 saturated heterocycles. The minimum atomic E-state index is -0.851. The van der Waals surface area contributed by atoms with Crippen LogP contribution in [0, 0.1) is 0 Å². The lowest BCUT2D eigenvalue weighted by Crippen LogP contribution is -2.45. The Morgan fingerprint density at radius 3 is 1.07 bits per heavy atom. The summed E-state index contributed by atoms with van der Waals surface area (Å²) in [6, 6.07) is -0.635. The number of hydrogen-bond donors (Lipinski definition) is 3. The predicted molar refractivity (Wildman–Crippen MR) is 324 cm³/mol. The Morgan fingerprint density at radius 1 is 0.378 bits per heavy atom. The lowest BCUT2D eigenvalue weighted by atomic mass is 10.0. The normalized spacial score (nSPS) is 12.9. The standard InChI is InChI=1S/C68H127NO5/c1-3-5-7-9-11-13-15-17-19-21-25-30-34-38-42-46-50-54-58-62-68(73)74-63-59-55-51-47-43-39-35-31-27-24-22-23-26-29-33-37-41-45-49-53-57-61-67(72)69-65(64-70)66(71)60-56-52-48-44-40-36-32-28-20-18-16-14-12-10-8-6-4-2/h11,13,17,19,23,26,56,60,65-66,70-71H,3-10,12,14-16,18,20-22,24-25,27-55,57-59,61-64H2,1-2H3,(H,69,72)/b13-11-,19-17-,26-23-,60-56+. The molecule has 3 N–H and O–H groups in total. The van der Waals surface area contributed by atoms with E-state index in [1.54, 1.807) is 6.08 Å². The zero-order chi connectivity index (χ0) is 53.6. The van der Waals surface area contributed by atoms with Crippen molar-refractivity contribution in [3.63, 3.8) is 0 Å². The van der Waals surface area contributed by atoms with Gasteiger partial charge in [-0.15, -0.1) is 0 Å². The molecular weight excluding hydrogens is 911 g/mol. The Hall–Kier alpha value is -2.18. The first-order valence-electron chi connectivity index (χ1n) is 32.9. The number of carbonyl (C=O) groups excluding carboxylic acids is 2. The molecule has 0 spiro atoms. The molecule has 6 nitrogen and oxygen atoms in total. The van der Waals surface area contributed by atoms with Crippen molar-refractivity contribution in [3.05, 3.63) is 48.6 Å². The second-order valence-corrected chi connectivity index (χ2v) is 22.4. The number of aliphatic hydroxyl groups excluding tert-OH is 2. The molecule has 0 bridgehead atoms. The average Bonchev–Trinajstić information content (AvgIpc) is 3.40. The molecular formula is C68H127NO5. The van der Waals surface area contributed by atoms with Gasteiger partial charge in [0.15, 0.2) is 0 Å². The fraction of sp³-hybridized carbons (Fsp3) is 0.853. The zero-order valence-electron chi connectivity index (χ0n) is 49.6. The highest BCUT2D eigenvalue weighted by atomic mass is 16.5. The molecule has 0 aromatic rings. The first-order chi connectivity index (χ1) is 36.5. The van der Waals surface area contributed by atoms with Gasteiger partial charge in [-0.25, -0.2) is 0 Å². The van der Waals surface area contributed by atoms with Crippen molar-refractivity contribution < 1.29 is 24.5 Å². The number of nitrogens with one attached hydrogen (secondary N) is 1. The summed E-state index contributed by atoms with van der Waals surface area (Å²) in [7, 11) is 0. The number of ether oxygens (including phenoxy) is 1. The summed E-state index contributed by atoms with van der Waals surface area (Å²) in [4.78, 5) is 24.6. The van der Waals surface area contributed by atoms with E-state index in [0.29, 0.717) is 19.4 Å². The van der Waals surface area contributed by atoms with Gasteiger partial charge in [-0.05, 0) is 89.9 Å². The number of hydrogen-bond acceptors (Lipinski definition) is 5. The molecule has 0 aliphatic rings. The van der Waals surface area contributed by atoms with Gasteiger partial charge in [0, 0.05) is 12.8 Å². The van der Waals surface area contributed by atoms with Gasteiger partial charge in [0.25, 0.3) is 0 Å². The van der Waals surface area contributed by atoms with E-state index >= 15 is 0 Å². The Bertz CT molecular complexity index is 1240. The fourth-order valence-electron chi connectivity index (χ4n) is 10.0. The van der Waals surface area contributed by atoms with Crippen LogP contribution in [0.15, 0.2) is 48.6 Å². The van der Waals surface area contributed by atoms with Gasteiger partial charge in [0.1, 0.15) is 0 Å². The van der Waals surface area contributed by atoms with Crippen LogP contribution in [0.25, 0.3) is 0 Å². The van der Waals surface area contributed by atoms with Crippen molar-refractivity contribution in [3.8, 4) is 0 Å². The molecule has 0 aliphatic heterocycles. The van der Waals surface area contributed by atoms with Crippen molar-refractivity contribution in [2.45, 2.75) is 360 Å². The fourth-order valence-corrected chi connectivity index (χ4v) is 10.0. The molecule has 2 atom stereocenters. The number of aliphatic hydroxyl groups is 2. The predicted octanol–water partition coefficient (Wildman–Crippen LogP) is 20.9. The van der Waals surface area contributed by atoms with Crippen LogP contribution in [-0.4, -0.2) is 47.4 Å². The van der Waals surface area contributed by atoms with Crippen LogP contribution in [0.4, 0.5) is 0 Å². The lowest BCUT2D eigenvalue weighted by molar-refractivity contribution is -0.143. The van der Waals surface area contributed by atoms with Crippen molar-refractivity contribution in [2.24, 2.45) is 0 Å². The molecule has 434 valence electrons. The molecule has 6 heteroatoms. The van der Waals surface area contributed by atoms with Crippen molar-refractivity contribution in [1.82, 2.24) is 5.32 Å². The van der Waals surface area contributed by atoms with Gasteiger partial charge in [0.05, 0.1) is 25.4 Å². The molecule has 0 aromatic carbocycles. The third kappa shape index (κ3) is 59.1. The monoisotopic (exact) mass is 1040 g/mol. The van der Waals surface area contributed by atoms with Crippen LogP contribution < -0.4 is 5.32 Å². The van der Waals surface area contributed by atoms with E-state index < -0.39 is 12.1 Å². The molecule has 0 rings (SSSR count). The highest BCUT2D eigenvalue weighted by molar-refractivity contribution is 5.76. The molecule has 0 aromatic heterocycles. The van der Waals surface area contributed by atoms with E-state index in [9.17, 15) is 19.8 Å². The van der Waals surface area contributed by atoms with Gasteiger partial charge >= 0.3 is 5.97 Å². The molecule has 0 radical (unpaired) electrons. The lowest BCUT2D eigenvalue weighted by Gasteiger charge is -2.20. The average molecular weight is 1040 g/mol. The Kier molecular flexibility index (Phi) is 61.5. The molecule has 0 fully saturated rings. The number of rotatable bonds is 61. The molecule has 0 heterocycles. The highest BCUT2D eigenvalue weighted by Crippen LogP contribution is 2.17. The smallest absolute Gasteiger partial charge is 0.305 e. The molecule has 0 aliphatic carbocycles. The van der Waals surface area contributed by atoms with E-state index in [0.717, 1.165) is 57.8 Å². The largest absolute Gasteiger partial charge is 0.466 e. The van der Waals surface area contributed by atoms with Crippen LogP contribution in [0.5, 0.6) is 0 Å². The zero-order valence-corrected chi connectivity index (χ0v) is 49.6. The van der Waals surface area contributed by atoms with Crippen molar-refractivity contribution in [1.29, 1.82) is 0 Å². The third-order valence-corrected chi connectivity index (χ3v) is 15.1.